The third-order valence-corrected chi connectivity index (χ3v) is 4.87. The summed E-state index contributed by atoms with van der Waals surface area (Å²) in [6.07, 6.45) is 3.60. The van der Waals surface area contributed by atoms with Gasteiger partial charge in [0.05, 0.1) is 24.6 Å². The first-order valence-electron chi connectivity index (χ1n) is 10.4. The van der Waals surface area contributed by atoms with E-state index in [4.69, 9.17) is 13.8 Å². The van der Waals surface area contributed by atoms with E-state index >= 15 is 0 Å². The van der Waals surface area contributed by atoms with Crippen LogP contribution in [0, 0.1) is 5.92 Å². The number of rotatable bonds is 9. The van der Waals surface area contributed by atoms with Gasteiger partial charge >= 0.3 is 0 Å². The molecule has 4 aromatic rings. The van der Waals surface area contributed by atoms with Gasteiger partial charge in [-0.15, -0.1) is 0 Å². The number of fused-ring (bicyclic) bond motifs is 1. The molecule has 0 aliphatic carbocycles. The second kappa shape index (κ2) is 9.47. The molecule has 7 heteroatoms. The normalized spacial score (nSPS) is 11.2. The summed E-state index contributed by atoms with van der Waals surface area (Å²) in [4.78, 5) is 23.9. The van der Waals surface area contributed by atoms with Gasteiger partial charge in [-0.2, -0.15) is 0 Å². The number of nitrogens with one attached hydrogen (secondary N) is 1. The van der Waals surface area contributed by atoms with Gasteiger partial charge in [0.25, 0.3) is 0 Å². The summed E-state index contributed by atoms with van der Waals surface area (Å²) in [5.74, 6) is 3.06. The van der Waals surface area contributed by atoms with Crippen LogP contribution in [0.15, 0.2) is 69.9 Å². The molecule has 4 rings (SSSR count). The van der Waals surface area contributed by atoms with Crippen LogP contribution in [0.3, 0.4) is 0 Å². The van der Waals surface area contributed by atoms with Crippen LogP contribution in [0.5, 0.6) is 0 Å². The van der Waals surface area contributed by atoms with Crippen molar-refractivity contribution in [3.05, 3.63) is 66.8 Å². The quantitative estimate of drug-likeness (QED) is 0.426. The number of aromatic nitrogens is 2. The Morgan fingerprint density at radius 1 is 1.03 bits per heavy atom. The molecule has 0 saturated heterocycles. The second-order valence-corrected chi connectivity index (χ2v) is 7.81. The number of nitrogens with zero attached hydrogens (tertiary/aromatic N) is 3. The van der Waals surface area contributed by atoms with Crippen molar-refractivity contribution in [3.8, 4) is 11.6 Å². The van der Waals surface area contributed by atoms with E-state index in [0.717, 1.165) is 22.5 Å². The molecule has 0 fully saturated rings. The lowest BCUT2D eigenvalue weighted by atomic mass is 10.2. The minimum atomic E-state index is 0.0164. The zero-order valence-electron chi connectivity index (χ0n) is 17.7. The summed E-state index contributed by atoms with van der Waals surface area (Å²) in [5.41, 5.74) is 0.813. The molecule has 0 bridgehead atoms. The number of benzene rings is 1. The first-order chi connectivity index (χ1) is 15.1. The number of amides is 1. The van der Waals surface area contributed by atoms with E-state index in [1.165, 1.54) is 0 Å². The molecular weight excluding hydrogens is 392 g/mol. The van der Waals surface area contributed by atoms with Gasteiger partial charge in [-0.05, 0) is 42.3 Å². The van der Waals surface area contributed by atoms with Crippen molar-refractivity contribution in [2.24, 2.45) is 5.92 Å². The zero-order chi connectivity index (χ0) is 21.6. The Morgan fingerprint density at radius 2 is 1.84 bits per heavy atom. The monoisotopic (exact) mass is 418 g/mol. The van der Waals surface area contributed by atoms with Crippen LogP contribution in [-0.4, -0.2) is 29.0 Å². The van der Waals surface area contributed by atoms with Crippen LogP contribution in [0.4, 0.5) is 5.82 Å². The van der Waals surface area contributed by atoms with Crippen LogP contribution < -0.4 is 10.2 Å². The Bertz CT molecular complexity index is 1120. The summed E-state index contributed by atoms with van der Waals surface area (Å²) >= 11 is 0. The van der Waals surface area contributed by atoms with Crippen LogP contribution in [0.1, 0.15) is 26.0 Å². The van der Waals surface area contributed by atoms with Crippen molar-refractivity contribution in [1.82, 2.24) is 15.3 Å². The molecule has 3 aromatic heterocycles. The van der Waals surface area contributed by atoms with E-state index in [0.29, 0.717) is 43.6 Å². The standard InChI is InChI=1S/C24H26N4O3/c1-17(2)15-25-22(29)11-12-28(16-18-7-5-13-30-18)24-19-8-3-4-9-20(19)26-23(27-24)21-10-6-14-31-21/h3-10,13-14,17H,11-12,15-16H2,1-2H3,(H,25,29). The summed E-state index contributed by atoms with van der Waals surface area (Å²) in [5, 5.41) is 3.89. The van der Waals surface area contributed by atoms with E-state index in [1.807, 2.05) is 48.5 Å². The highest BCUT2D eigenvalue weighted by molar-refractivity contribution is 5.91. The molecule has 7 nitrogen and oxygen atoms in total. The Hall–Kier alpha value is -3.61. The molecule has 3 heterocycles. The predicted molar refractivity (Wildman–Crippen MR) is 119 cm³/mol. The maximum atomic E-state index is 12.4. The van der Waals surface area contributed by atoms with Crippen molar-refractivity contribution >= 4 is 22.6 Å². The molecule has 1 aromatic carbocycles. The molecule has 31 heavy (non-hydrogen) atoms. The summed E-state index contributed by atoms with van der Waals surface area (Å²) < 4.78 is 11.1. The highest BCUT2D eigenvalue weighted by Crippen LogP contribution is 2.29. The zero-order valence-corrected chi connectivity index (χ0v) is 17.7. The lowest BCUT2D eigenvalue weighted by Crippen LogP contribution is -2.33. The van der Waals surface area contributed by atoms with Gasteiger partial charge in [0.1, 0.15) is 11.6 Å². The van der Waals surface area contributed by atoms with E-state index in [-0.39, 0.29) is 5.91 Å². The Morgan fingerprint density at radius 3 is 2.58 bits per heavy atom. The van der Waals surface area contributed by atoms with Gasteiger partial charge < -0.3 is 19.1 Å². The molecule has 0 atom stereocenters. The highest BCUT2D eigenvalue weighted by Gasteiger charge is 2.19. The SMILES string of the molecule is CC(C)CNC(=O)CCN(Cc1ccco1)c1nc(-c2ccco2)nc2ccccc12. The van der Waals surface area contributed by atoms with E-state index in [9.17, 15) is 4.79 Å². The molecule has 0 saturated carbocycles. The lowest BCUT2D eigenvalue weighted by Gasteiger charge is -2.24. The summed E-state index contributed by atoms with van der Waals surface area (Å²) in [6.45, 7) is 5.79. The van der Waals surface area contributed by atoms with Gasteiger partial charge in [-0.3, -0.25) is 4.79 Å². The number of furan rings is 2. The third kappa shape index (κ3) is 5.12. The molecule has 0 aliphatic rings. The van der Waals surface area contributed by atoms with Crippen molar-refractivity contribution in [3.63, 3.8) is 0 Å². The van der Waals surface area contributed by atoms with E-state index < -0.39 is 0 Å². The van der Waals surface area contributed by atoms with Crippen LogP contribution >= 0.6 is 0 Å². The fraction of sp³-hybridized carbons (Fsp3) is 0.292. The molecule has 1 amide bonds. The minimum Gasteiger partial charge on any atom is -0.467 e. The highest BCUT2D eigenvalue weighted by atomic mass is 16.3. The smallest absolute Gasteiger partial charge is 0.221 e. The maximum absolute atomic E-state index is 12.4. The molecule has 160 valence electrons. The number of carbonyl (C=O) groups excluding carboxylic acids is 1. The molecule has 0 unspecified atom stereocenters. The second-order valence-electron chi connectivity index (χ2n) is 7.81. The average molecular weight is 418 g/mol. The predicted octanol–water partition coefficient (Wildman–Crippen LogP) is 4.65. The summed E-state index contributed by atoms with van der Waals surface area (Å²) in [7, 11) is 0. The number of para-hydroxylation sites is 1. The minimum absolute atomic E-state index is 0.0164. The first-order valence-corrected chi connectivity index (χ1v) is 10.4. The summed E-state index contributed by atoms with van der Waals surface area (Å²) in [6, 6.07) is 15.3. The molecule has 0 aliphatic heterocycles. The van der Waals surface area contributed by atoms with Crippen molar-refractivity contribution in [2.75, 3.05) is 18.0 Å². The number of anilines is 1. The third-order valence-electron chi connectivity index (χ3n) is 4.87. The Balaban J connectivity index is 1.68. The molecule has 1 N–H and O–H groups in total. The van der Waals surface area contributed by atoms with Crippen molar-refractivity contribution < 1.29 is 13.6 Å². The number of hydrogen-bond acceptors (Lipinski definition) is 6. The Labute approximate surface area is 181 Å². The van der Waals surface area contributed by atoms with Gasteiger partial charge in [0, 0.05) is 24.9 Å². The van der Waals surface area contributed by atoms with Crippen LogP contribution in [0.2, 0.25) is 0 Å². The van der Waals surface area contributed by atoms with Crippen molar-refractivity contribution in [2.45, 2.75) is 26.8 Å². The Kier molecular flexibility index (Phi) is 6.31. The van der Waals surface area contributed by atoms with Gasteiger partial charge in [-0.25, -0.2) is 9.97 Å². The van der Waals surface area contributed by atoms with Gasteiger partial charge in [-0.1, -0.05) is 26.0 Å². The average Bonchev–Trinajstić information content (AvgIpc) is 3.49. The maximum Gasteiger partial charge on any atom is 0.221 e. The lowest BCUT2D eigenvalue weighted by molar-refractivity contribution is -0.121. The van der Waals surface area contributed by atoms with Gasteiger partial charge in [0.2, 0.25) is 5.91 Å². The number of hydrogen-bond donors (Lipinski definition) is 1. The fourth-order valence-electron chi connectivity index (χ4n) is 3.31. The topological polar surface area (TPSA) is 84.4 Å². The van der Waals surface area contributed by atoms with E-state index in [2.05, 4.69) is 29.0 Å². The number of carbonyl (C=O) groups is 1. The largest absolute Gasteiger partial charge is 0.467 e. The molecular formula is C24H26N4O3. The van der Waals surface area contributed by atoms with Gasteiger partial charge in [0.15, 0.2) is 11.6 Å². The van der Waals surface area contributed by atoms with Crippen LogP contribution in [0.25, 0.3) is 22.5 Å². The van der Waals surface area contributed by atoms with Crippen LogP contribution in [-0.2, 0) is 11.3 Å². The van der Waals surface area contributed by atoms with E-state index in [1.54, 1.807) is 12.5 Å². The first kappa shape index (κ1) is 20.7. The fourth-order valence-corrected chi connectivity index (χ4v) is 3.31. The van der Waals surface area contributed by atoms with Crippen molar-refractivity contribution in [1.29, 1.82) is 0 Å². The molecule has 0 radical (unpaired) electrons. The molecule has 0 spiro atoms.